The summed E-state index contributed by atoms with van der Waals surface area (Å²) >= 11 is 0. The Hall–Kier alpha value is -4.05. The van der Waals surface area contributed by atoms with Crippen molar-refractivity contribution >= 4 is 17.5 Å². The van der Waals surface area contributed by atoms with Gasteiger partial charge in [0.05, 0.1) is 24.2 Å². The third-order valence-corrected chi connectivity index (χ3v) is 7.83. The molecule has 0 bridgehead atoms. The Balaban J connectivity index is 1.87. The lowest BCUT2D eigenvalue weighted by atomic mass is 9.87. The number of tetrazole rings is 1. The Morgan fingerprint density at radius 2 is 1.60 bits per heavy atom. The number of nitrogens with zero attached hydrogens (tertiary/aromatic N) is 6. The largest absolute Gasteiger partial charge is 0.573 e. The molecule has 8 nitrogen and oxygen atoms in total. The van der Waals surface area contributed by atoms with Crippen LogP contribution in [-0.4, -0.2) is 38.5 Å². The van der Waals surface area contributed by atoms with Crippen molar-refractivity contribution in [3.8, 4) is 5.75 Å². The van der Waals surface area contributed by atoms with Crippen LogP contribution in [0.1, 0.15) is 87.1 Å². The molecule has 0 unspecified atom stereocenters. The third-order valence-electron chi connectivity index (χ3n) is 7.83. The lowest BCUT2D eigenvalue weighted by Gasteiger charge is -2.44. The fourth-order valence-corrected chi connectivity index (χ4v) is 5.73. The van der Waals surface area contributed by atoms with Crippen LogP contribution in [0.2, 0.25) is 0 Å². The number of ether oxygens (including phenoxy) is 1. The predicted molar refractivity (Wildman–Crippen MR) is 152 cm³/mol. The van der Waals surface area contributed by atoms with E-state index in [-0.39, 0.29) is 42.0 Å². The molecule has 0 fully saturated rings. The second kappa shape index (κ2) is 14.0. The first-order chi connectivity index (χ1) is 21.9. The molecule has 0 saturated heterocycles. The minimum absolute atomic E-state index is 0.00217. The number of carbonyl (C=O) groups is 1. The van der Waals surface area contributed by atoms with Crippen LogP contribution in [0.15, 0.2) is 36.4 Å². The van der Waals surface area contributed by atoms with E-state index in [0.717, 1.165) is 36.2 Å². The molecule has 0 radical (unpaired) electrons. The van der Waals surface area contributed by atoms with Gasteiger partial charge in [-0.1, -0.05) is 38.2 Å². The first kappa shape index (κ1) is 35.8. The molecule has 2 heterocycles. The number of rotatable bonds is 11. The van der Waals surface area contributed by atoms with Gasteiger partial charge in [-0.15, -0.1) is 18.3 Å². The third kappa shape index (κ3) is 8.86. The molecule has 258 valence electrons. The van der Waals surface area contributed by atoms with E-state index in [1.165, 1.54) is 22.9 Å². The van der Waals surface area contributed by atoms with Crippen molar-refractivity contribution in [2.24, 2.45) is 7.05 Å². The maximum absolute atomic E-state index is 13.7. The second-order valence-electron chi connectivity index (χ2n) is 11.3. The normalized spacial score (nSPS) is 17.1. The minimum atomic E-state index is -5.11. The van der Waals surface area contributed by atoms with Gasteiger partial charge in [0.15, 0.2) is 0 Å². The number of amides is 1. The average molecular weight is 681 g/mol. The second-order valence-corrected chi connectivity index (χ2v) is 11.3. The molecular formula is C30H33F9N6O2. The maximum Gasteiger partial charge on any atom is 0.573 e. The first-order valence-corrected chi connectivity index (χ1v) is 14.9. The van der Waals surface area contributed by atoms with Gasteiger partial charge in [0.2, 0.25) is 5.91 Å². The molecule has 0 spiro atoms. The van der Waals surface area contributed by atoms with Crippen molar-refractivity contribution in [1.29, 1.82) is 0 Å². The lowest BCUT2D eigenvalue weighted by Crippen LogP contribution is -2.47. The molecule has 1 aromatic heterocycles. The standard InChI is InChI=1S/C30H33F9N6O2/c1-4-6-7-8-9-26(46)45-21(5-2)15-25(23-16-22(10-11-24(23)45)47-30(37,38)39)44(27-40-42-43(3)41-27)17-18-12-19(28(31,32)33)14-20(13-18)29(34,35)36/h10-14,16,21,25H,4-9,15,17H2,1-3H3/t21-,25+/m1/s1. The summed E-state index contributed by atoms with van der Waals surface area (Å²) in [6.07, 6.45) is -11.5. The molecular weight excluding hydrogens is 647 g/mol. The van der Waals surface area contributed by atoms with E-state index in [1.807, 2.05) is 6.92 Å². The number of aryl methyl sites for hydroxylation is 1. The fraction of sp³-hybridized carbons (Fsp3) is 0.533. The number of benzene rings is 2. The van der Waals surface area contributed by atoms with Crippen molar-refractivity contribution in [2.45, 2.75) is 96.1 Å². The Morgan fingerprint density at radius 1 is 0.936 bits per heavy atom. The van der Waals surface area contributed by atoms with Crippen molar-refractivity contribution in [2.75, 3.05) is 9.80 Å². The number of hydrogen-bond acceptors (Lipinski definition) is 6. The molecule has 1 amide bonds. The Kier molecular flexibility index (Phi) is 10.6. The number of anilines is 2. The molecule has 2 atom stereocenters. The van der Waals surface area contributed by atoms with Gasteiger partial charge in [-0.3, -0.25) is 4.79 Å². The van der Waals surface area contributed by atoms with Crippen LogP contribution < -0.4 is 14.5 Å². The van der Waals surface area contributed by atoms with Crippen molar-refractivity contribution in [3.63, 3.8) is 0 Å². The molecule has 0 N–H and O–H groups in total. The van der Waals surface area contributed by atoms with E-state index in [1.54, 1.807) is 6.92 Å². The number of halogens is 9. The van der Waals surface area contributed by atoms with E-state index >= 15 is 0 Å². The zero-order valence-corrected chi connectivity index (χ0v) is 25.7. The highest BCUT2D eigenvalue weighted by Crippen LogP contribution is 2.46. The molecule has 17 heteroatoms. The molecule has 1 aliphatic heterocycles. The van der Waals surface area contributed by atoms with E-state index < -0.39 is 59.8 Å². The van der Waals surface area contributed by atoms with Crippen molar-refractivity contribution < 1.29 is 49.0 Å². The first-order valence-electron chi connectivity index (χ1n) is 14.9. The van der Waals surface area contributed by atoms with Gasteiger partial charge in [-0.2, -0.15) is 31.1 Å². The summed E-state index contributed by atoms with van der Waals surface area (Å²) in [6, 6.07) is 2.98. The van der Waals surface area contributed by atoms with E-state index in [2.05, 4.69) is 20.1 Å². The monoisotopic (exact) mass is 680 g/mol. The lowest BCUT2D eigenvalue weighted by molar-refractivity contribution is -0.274. The zero-order chi connectivity index (χ0) is 34.7. The van der Waals surface area contributed by atoms with Crippen molar-refractivity contribution in [3.05, 3.63) is 58.7 Å². The predicted octanol–water partition coefficient (Wildman–Crippen LogP) is 8.38. The number of hydrogen-bond donors (Lipinski definition) is 0. The quantitative estimate of drug-likeness (QED) is 0.150. The molecule has 4 rings (SSSR count). The summed E-state index contributed by atoms with van der Waals surface area (Å²) < 4.78 is 126. The van der Waals surface area contributed by atoms with Gasteiger partial charge in [-0.25, -0.2) is 0 Å². The van der Waals surface area contributed by atoms with Crippen molar-refractivity contribution in [1.82, 2.24) is 20.2 Å². The molecule has 0 saturated carbocycles. The summed E-state index contributed by atoms with van der Waals surface area (Å²) in [5, 5.41) is 11.8. The summed E-state index contributed by atoms with van der Waals surface area (Å²) in [6.45, 7) is 3.19. The Bertz CT molecular complexity index is 1500. The van der Waals surface area contributed by atoms with Crippen LogP contribution in [0, 0.1) is 0 Å². The fourth-order valence-electron chi connectivity index (χ4n) is 5.73. The summed E-state index contributed by atoms with van der Waals surface area (Å²) in [4.78, 5) is 17.4. The Labute approximate surface area is 264 Å². The molecule has 1 aliphatic rings. The topological polar surface area (TPSA) is 76.4 Å². The molecule has 47 heavy (non-hydrogen) atoms. The number of alkyl halides is 9. The SMILES string of the molecule is CCCCCCC(=O)N1c2ccc(OC(F)(F)F)cc2[C@@H](N(Cc2cc(C(F)(F)F)cc(C(F)(F)F)c2)c2nnn(C)n2)C[C@H]1CC. The van der Waals surface area contributed by atoms with E-state index in [4.69, 9.17) is 0 Å². The smallest absolute Gasteiger partial charge is 0.406 e. The highest BCUT2D eigenvalue weighted by molar-refractivity contribution is 5.95. The van der Waals surface area contributed by atoms with Gasteiger partial charge in [0.25, 0.3) is 5.95 Å². The van der Waals surface area contributed by atoms with Crippen LogP contribution in [-0.2, 0) is 30.7 Å². The number of aromatic nitrogens is 4. The molecule has 2 aromatic carbocycles. The van der Waals surface area contributed by atoms with Crippen LogP contribution in [0.4, 0.5) is 51.1 Å². The van der Waals surface area contributed by atoms with E-state index in [9.17, 15) is 44.3 Å². The number of fused-ring (bicyclic) bond motifs is 1. The van der Waals surface area contributed by atoms with Gasteiger partial charge in [0, 0.05) is 30.3 Å². The minimum Gasteiger partial charge on any atom is -0.406 e. The van der Waals surface area contributed by atoms with Gasteiger partial charge in [0.1, 0.15) is 5.75 Å². The van der Waals surface area contributed by atoms with Gasteiger partial charge in [-0.05, 0) is 66.4 Å². The zero-order valence-electron chi connectivity index (χ0n) is 25.7. The highest BCUT2D eigenvalue weighted by Gasteiger charge is 2.41. The summed E-state index contributed by atoms with van der Waals surface area (Å²) in [5.41, 5.74) is -3.13. The van der Waals surface area contributed by atoms with Crippen LogP contribution in [0.3, 0.4) is 0 Å². The Morgan fingerprint density at radius 3 is 2.13 bits per heavy atom. The molecule has 0 aliphatic carbocycles. The summed E-state index contributed by atoms with van der Waals surface area (Å²) in [7, 11) is 1.39. The average Bonchev–Trinajstić information content (AvgIpc) is 3.41. The van der Waals surface area contributed by atoms with Crippen LogP contribution in [0.5, 0.6) is 5.75 Å². The van der Waals surface area contributed by atoms with Crippen LogP contribution in [0.25, 0.3) is 0 Å². The van der Waals surface area contributed by atoms with E-state index in [0.29, 0.717) is 25.0 Å². The number of carbonyl (C=O) groups excluding carboxylic acids is 1. The highest BCUT2D eigenvalue weighted by atomic mass is 19.4. The maximum atomic E-state index is 13.7. The van der Waals surface area contributed by atoms with Gasteiger partial charge < -0.3 is 14.5 Å². The molecule has 3 aromatic rings. The number of unbranched alkanes of at least 4 members (excludes halogenated alkanes) is 3. The summed E-state index contributed by atoms with van der Waals surface area (Å²) in [5.74, 6) is -1.10. The van der Waals surface area contributed by atoms with Gasteiger partial charge >= 0.3 is 18.7 Å². The van der Waals surface area contributed by atoms with Crippen LogP contribution >= 0.6 is 0 Å².